The second kappa shape index (κ2) is 5.06. The molecule has 0 spiro atoms. The molecular weight excluding hydrogens is 280 g/mol. The fourth-order valence-electron chi connectivity index (χ4n) is 2.28. The van der Waals surface area contributed by atoms with Gasteiger partial charge in [-0.15, -0.1) is 15.0 Å². The number of hydrogen-bond donors (Lipinski definition) is 2. The summed E-state index contributed by atoms with van der Waals surface area (Å²) >= 11 is 0. The molecule has 2 N–H and O–H groups in total. The average Bonchev–Trinajstić information content (AvgIpc) is 2.91. The van der Waals surface area contributed by atoms with E-state index < -0.39 is 5.60 Å². The highest BCUT2D eigenvalue weighted by Gasteiger charge is 2.16. The Morgan fingerprint density at radius 3 is 2.50 bits per heavy atom. The normalized spacial score (nSPS) is 12.0. The Labute approximate surface area is 127 Å². The lowest BCUT2D eigenvalue weighted by Gasteiger charge is -2.17. The third kappa shape index (κ3) is 2.53. The van der Waals surface area contributed by atoms with Crippen molar-refractivity contribution in [1.29, 1.82) is 0 Å². The largest absolute Gasteiger partial charge is 0.386 e. The molecule has 0 aliphatic rings. The van der Waals surface area contributed by atoms with E-state index in [0.29, 0.717) is 11.2 Å². The Balaban J connectivity index is 2.07. The molecule has 0 bridgehead atoms. The van der Waals surface area contributed by atoms with Crippen molar-refractivity contribution < 1.29 is 5.11 Å². The Morgan fingerprint density at radius 2 is 1.91 bits per heavy atom. The summed E-state index contributed by atoms with van der Waals surface area (Å²) in [6.07, 6.45) is 0.734. The molecule has 6 nitrogen and oxygen atoms in total. The molecule has 3 aromatic rings. The zero-order valence-corrected chi connectivity index (χ0v) is 12.8. The van der Waals surface area contributed by atoms with Gasteiger partial charge in [0.05, 0.1) is 11.3 Å². The highest BCUT2D eigenvalue weighted by molar-refractivity contribution is 5.69. The summed E-state index contributed by atoms with van der Waals surface area (Å²) in [6, 6.07) is 8.83. The van der Waals surface area contributed by atoms with Crippen molar-refractivity contribution in [2.45, 2.75) is 32.8 Å². The molecule has 0 aliphatic heterocycles. The maximum absolute atomic E-state index is 12.0. The number of fused-ring (bicyclic) bond motifs is 1. The summed E-state index contributed by atoms with van der Waals surface area (Å²) in [4.78, 5) is 16.6. The predicted octanol–water partition coefficient (Wildman–Crippen LogP) is 1.90. The van der Waals surface area contributed by atoms with Crippen molar-refractivity contribution in [3.8, 4) is 5.69 Å². The molecule has 0 atom stereocenters. The maximum Gasteiger partial charge on any atom is 0.211 e. The topological polar surface area (TPSA) is 83.8 Å². The molecule has 2 aromatic heterocycles. The SMILES string of the molecule is CCc1cc(=O)c2nn(-c3ccc(C(C)(C)O)cc3)nc2[nH]1. The van der Waals surface area contributed by atoms with Crippen LogP contribution in [-0.2, 0) is 12.0 Å². The van der Waals surface area contributed by atoms with E-state index in [0.717, 1.165) is 23.4 Å². The molecule has 0 saturated carbocycles. The molecule has 0 aliphatic carbocycles. The Hall–Kier alpha value is -2.47. The highest BCUT2D eigenvalue weighted by Crippen LogP contribution is 2.20. The van der Waals surface area contributed by atoms with Crippen LogP contribution in [0.15, 0.2) is 35.1 Å². The monoisotopic (exact) mass is 298 g/mol. The quantitative estimate of drug-likeness (QED) is 0.773. The lowest BCUT2D eigenvalue weighted by Crippen LogP contribution is -2.15. The summed E-state index contributed by atoms with van der Waals surface area (Å²) < 4.78 is 0. The van der Waals surface area contributed by atoms with Gasteiger partial charge in [-0.25, -0.2) is 0 Å². The van der Waals surface area contributed by atoms with Gasteiger partial charge in [0.2, 0.25) is 5.43 Å². The van der Waals surface area contributed by atoms with Crippen LogP contribution in [0.25, 0.3) is 16.9 Å². The van der Waals surface area contributed by atoms with E-state index in [1.807, 2.05) is 31.2 Å². The second-order valence-corrected chi connectivity index (χ2v) is 5.80. The van der Waals surface area contributed by atoms with E-state index >= 15 is 0 Å². The van der Waals surface area contributed by atoms with Crippen LogP contribution in [0.3, 0.4) is 0 Å². The number of benzene rings is 1. The van der Waals surface area contributed by atoms with Crippen LogP contribution in [-0.4, -0.2) is 25.1 Å². The van der Waals surface area contributed by atoms with Gasteiger partial charge >= 0.3 is 0 Å². The fraction of sp³-hybridized carbons (Fsp3) is 0.312. The smallest absolute Gasteiger partial charge is 0.211 e. The highest BCUT2D eigenvalue weighted by atomic mass is 16.3. The van der Waals surface area contributed by atoms with Crippen LogP contribution in [0.2, 0.25) is 0 Å². The third-order valence-electron chi connectivity index (χ3n) is 3.62. The first-order valence-electron chi connectivity index (χ1n) is 7.21. The number of aryl methyl sites for hydroxylation is 1. The molecule has 0 fully saturated rings. The van der Waals surface area contributed by atoms with E-state index in [2.05, 4.69) is 15.2 Å². The first kappa shape index (κ1) is 14.5. The van der Waals surface area contributed by atoms with E-state index in [-0.39, 0.29) is 5.43 Å². The minimum atomic E-state index is -0.896. The minimum absolute atomic E-state index is 0.134. The lowest BCUT2D eigenvalue weighted by molar-refractivity contribution is 0.0786. The zero-order chi connectivity index (χ0) is 15.9. The second-order valence-electron chi connectivity index (χ2n) is 5.80. The van der Waals surface area contributed by atoms with Crippen molar-refractivity contribution in [2.75, 3.05) is 0 Å². The van der Waals surface area contributed by atoms with E-state index in [1.165, 1.54) is 4.80 Å². The number of pyridine rings is 1. The average molecular weight is 298 g/mol. The van der Waals surface area contributed by atoms with Crippen molar-refractivity contribution >= 4 is 11.2 Å². The first-order chi connectivity index (χ1) is 10.4. The van der Waals surface area contributed by atoms with Gasteiger partial charge in [0.15, 0.2) is 11.2 Å². The van der Waals surface area contributed by atoms with Crippen LogP contribution < -0.4 is 5.43 Å². The van der Waals surface area contributed by atoms with E-state index in [9.17, 15) is 9.90 Å². The van der Waals surface area contributed by atoms with Gasteiger partial charge in [-0.05, 0) is 38.0 Å². The van der Waals surface area contributed by atoms with Crippen molar-refractivity contribution in [3.05, 3.63) is 51.8 Å². The van der Waals surface area contributed by atoms with Gasteiger partial charge in [-0.2, -0.15) is 0 Å². The predicted molar refractivity (Wildman–Crippen MR) is 84.1 cm³/mol. The van der Waals surface area contributed by atoms with Crippen molar-refractivity contribution in [1.82, 2.24) is 20.0 Å². The third-order valence-corrected chi connectivity index (χ3v) is 3.62. The molecule has 2 heterocycles. The number of aromatic amines is 1. The molecule has 0 amide bonds. The summed E-state index contributed by atoms with van der Waals surface area (Å²) in [6.45, 7) is 5.43. The molecular formula is C16H18N4O2. The molecule has 0 saturated heterocycles. The van der Waals surface area contributed by atoms with Crippen molar-refractivity contribution in [2.24, 2.45) is 0 Å². The summed E-state index contributed by atoms with van der Waals surface area (Å²) in [5.74, 6) is 0. The lowest BCUT2D eigenvalue weighted by atomic mass is 9.98. The fourth-order valence-corrected chi connectivity index (χ4v) is 2.28. The van der Waals surface area contributed by atoms with E-state index in [4.69, 9.17) is 0 Å². The molecule has 0 unspecified atom stereocenters. The number of H-pyrrole nitrogens is 1. The van der Waals surface area contributed by atoms with Gasteiger partial charge in [-0.1, -0.05) is 19.1 Å². The number of hydrogen-bond acceptors (Lipinski definition) is 4. The summed E-state index contributed by atoms with van der Waals surface area (Å²) in [5, 5.41) is 18.6. The number of aromatic nitrogens is 4. The van der Waals surface area contributed by atoms with Gasteiger partial charge in [0, 0.05) is 11.8 Å². The Kier molecular flexibility index (Phi) is 3.33. The van der Waals surface area contributed by atoms with Gasteiger partial charge < -0.3 is 10.1 Å². The molecule has 22 heavy (non-hydrogen) atoms. The molecule has 3 rings (SSSR count). The number of rotatable bonds is 3. The number of aliphatic hydroxyl groups is 1. The minimum Gasteiger partial charge on any atom is -0.386 e. The molecule has 0 radical (unpaired) electrons. The molecule has 114 valence electrons. The maximum atomic E-state index is 12.0. The number of nitrogens with zero attached hydrogens (tertiary/aromatic N) is 3. The zero-order valence-electron chi connectivity index (χ0n) is 12.8. The van der Waals surface area contributed by atoms with Crippen LogP contribution in [0, 0.1) is 0 Å². The van der Waals surface area contributed by atoms with Gasteiger partial charge in [0.1, 0.15) is 0 Å². The van der Waals surface area contributed by atoms with Crippen LogP contribution >= 0.6 is 0 Å². The standard InChI is InChI=1S/C16H18N4O2/c1-4-11-9-13(21)14-15(17-11)19-20(18-14)12-7-5-10(6-8-12)16(2,3)22/h5-9,22H,4H2,1-3H3,(H,17,19). The van der Waals surface area contributed by atoms with Crippen LogP contribution in [0.1, 0.15) is 32.0 Å². The number of nitrogens with one attached hydrogen (secondary N) is 1. The van der Waals surface area contributed by atoms with Crippen molar-refractivity contribution in [3.63, 3.8) is 0 Å². The molecule has 6 heteroatoms. The van der Waals surface area contributed by atoms with E-state index in [1.54, 1.807) is 19.9 Å². The van der Waals surface area contributed by atoms with Gasteiger partial charge in [0.25, 0.3) is 0 Å². The first-order valence-corrected chi connectivity index (χ1v) is 7.21. The van der Waals surface area contributed by atoms with Crippen LogP contribution in [0.5, 0.6) is 0 Å². The Morgan fingerprint density at radius 1 is 1.23 bits per heavy atom. The Bertz CT molecular complexity index is 870. The van der Waals surface area contributed by atoms with Crippen LogP contribution in [0.4, 0.5) is 0 Å². The van der Waals surface area contributed by atoms with Gasteiger partial charge in [-0.3, -0.25) is 4.79 Å². The summed E-state index contributed by atoms with van der Waals surface area (Å²) in [5.41, 5.74) is 2.14. The molecule has 1 aromatic carbocycles. The summed E-state index contributed by atoms with van der Waals surface area (Å²) in [7, 11) is 0.